The monoisotopic (exact) mass is 479 g/mol. The smallest absolute Gasteiger partial charge is 0.240 e. The van der Waals surface area contributed by atoms with Crippen molar-refractivity contribution in [3.63, 3.8) is 0 Å². The van der Waals surface area contributed by atoms with Gasteiger partial charge in [-0.1, -0.05) is 22.0 Å². The van der Waals surface area contributed by atoms with E-state index < -0.39 is 23.9 Å². The third-order valence-corrected chi connectivity index (χ3v) is 6.55. The highest BCUT2D eigenvalue weighted by Gasteiger charge is 2.64. The van der Waals surface area contributed by atoms with Gasteiger partial charge in [0.2, 0.25) is 11.8 Å². The van der Waals surface area contributed by atoms with Crippen LogP contribution in [0.1, 0.15) is 10.4 Å². The second-order valence-corrected chi connectivity index (χ2v) is 8.51. The molecule has 2 aromatic rings. The molecule has 0 aromatic heterocycles. The van der Waals surface area contributed by atoms with Crippen LogP contribution in [0.15, 0.2) is 70.3 Å². The molecule has 0 radical (unpaired) electrons. The lowest BCUT2D eigenvalue weighted by Crippen LogP contribution is -2.46. The number of ether oxygens (including phenoxy) is 1. The van der Waals surface area contributed by atoms with Gasteiger partial charge < -0.3 is 4.74 Å². The van der Waals surface area contributed by atoms with E-state index in [1.54, 1.807) is 72.9 Å². The highest BCUT2D eigenvalue weighted by molar-refractivity contribution is 9.10. The van der Waals surface area contributed by atoms with Crippen molar-refractivity contribution in [3.8, 4) is 5.75 Å². The summed E-state index contributed by atoms with van der Waals surface area (Å²) in [7, 11) is 1.55. The Balaban J connectivity index is 1.55. The number of hydrazone groups is 1. The van der Waals surface area contributed by atoms with E-state index in [-0.39, 0.29) is 17.6 Å². The summed E-state index contributed by atoms with van der Waals surface area (Å²) in [5.74, 6) is -1.77. The number of ketones is 1. The van der Waals surface area contributed by atoms with Gasteiger partial charge in [-0.2, -0.15) is 5.10 Å². The topological polar surface area (TPSA) is 79.3 Å². The number of carbonyl (C=O) groups is 3. The summed E-state index contributed by atoms with van der Waals surface area (Å²) in [5, 5.41) is 5.97. The molecule has 0 bridgehead atoms. The number of allylic oxidation sites excluding steroid dienone is 1. The standard InChI is InChI=1S/C23H18BrN3O4/c1-31-16-10-4-13(5-11-16)21(28)20-19-18(17-3-2-12-25-27(17)20)22(29)26(23(19)30)15-8-6-14(24)7-9-15/h2-12,17-20H,1H3/t17-,18-,19-,20-/m1/s1. The Morgan fingerprint density at radius 3 is 2.35 bits per heavy atom. The second kappa shape index (κ2) is 7.46. The van der Waals surface area contributed by atoms with E-state index in [1.165, 1.54) is 4.90 Å². The number of methoxy groups -OCH3 is 1. The predicted molar refractivity (Wildman–Crippen MR) is 118 cm³/mol. The number of Topliss-reactive ketones (excluding diaryl/α,β-unsaturated/α-hetero) is 1. The van der Waals surface area contributed by atoms with Crippen LogP contribution in [0.3, 0.4) is 0 Å². The van der Waals surface area contributed by atoms with Crippen LogP contribution in [-0.2, 0) is 9.59 Å². The molecular formula is C23H18BrN3O4. The Hall–Kier alpha value is -3.26. The van der Waals surface area contributed by atoms with Crippen LogP contribution >= 0.6 is 15.9 Å². The van der Waals surface area contributed by atoms with E-state index in [4.69, 9.17) is 4.74 Å². The molecule has 5 rings (SSSR count). The molecule has 4 atom stereocenters. The zero-order valence-electron chi connectivity index (χ0n) is 16.5. The van der Waals surface area contributed by atoms with Gasteiger partial charge in [-0.25, -0.2) is 4.90 Å². The molecule has 156 valence electrons. The van der Waals surface area contributed by atoms with E-state index >= 15 is 0 Å². The van der Waals surface area contributed by atoms with Gasteiger partial charge in [0.25, 0.3) is 0 Å². The molecule has 2 fully saturated rings. The molecule has 2 saturated heterocycles. The molecule has 0 N–H and O–H groups in total. The predicted octanol–water partition coefficient (Wildman–Crippen LogP) is 3.05. The molecule has 0 aliphatic carbocycles. The number of amides is 2. The summed E-state index contributed by atoms with van der Waals surface area (Å²) in [6.07, 6.45) is 5.16. The van der Waals surface area contributed by atoms with Gasteiger partial charge in [0.05, 0.1) is 30.7 Å². The minimum atomic E-state index is -0.860. The fourth-order valence-electron chi connectivity index (χ4n) is 4.61. The lowest BCUT2D eigenvalue weighted by atomic mass is 9.86. The fourth-order valence-corrected chi connectivity index (χ4v) is 4.87. The van der Waals surface area contributed by atoms with E-state index in [0.717, 1.165) is 4.47 Å². The van der Waals surface area contributed by atoms with Crippen LogP contribution in [0.5, 0.6) is 5.75 Å². The summed E-state index contributed by atoms with van der Waals surface area (Å²) >= 11 is 3.37. The lowest BCUT2D eigenvalue weighted by molar-refractivity contribution is -0.123. The molecular weight excluding hydrogens is 462 g/mol. The number of fused-ring (bicyclic) bond motifs is 3. The Morgan fingerprint density at radius 2 is 1.68 bits per heavy atom. The highest BCUT2D eigenvalue weighted by atomic mass is 79.9. The fraction of sp³-hybridized carbons (Fsp3) is 0.217. The van der Waals surface area contributed by atoms with Crippen LogP contribution in [0.2, 0.25) is 0 Å². The van der Waals surface area contributed by atoms with Gasteiger partial charge in [-0.15, -0.1) is 0 Å². The third-order valence-electron chi connectivity index (χ3n) is 6.02. The number of carbonyl (C=O) groups excluding carboxylic acids is 3. The first kappa shape index (κ1) is 19.7. The summed E-state index contributed by atoms with van der Waals surface area (Å²) in [6.45, 7) is 0. The van der Waals surface area contributed by atoms with Gasteiger partial charge in [0, 0.05) is 16.3 Å². The number of nitrogens with zero attached hydrogens (tertiary/aromatic N) is 3. The molecule has 31 heavy (non-hydrogen) atoms. The van der Waals surface area contributed by atoms with Crippen molar-refractivity contribution in [2.24, 2.45) is 16.9 Å². The molecule has 2 aromatic carbocycles. The van der Waals surface area contributed by atoms with Crippen LogP contribution in [0, 0.1) is 11.8 Å². The van der Waals surface area contributed by atoms with E-state index in [0.29, 0.717) is 17.0 Å². The number of benzene rings is 2. The number of rotatable bonds is 4. The number of imide groups is 1. The zero-order chi connectivity index (χ0) is 21.7. The first-order valence-corrected chi connectivity index (χ1v) is 10.6. The highest BCUT2D eigenvalue weighted by Crippen LogP contribution is 2.46. The van der Waals surface area contributed by atoms with Gasteiger partial charge in [0.15, 0.2) is 5.78 Å². The van der Waals surface area contributed by atoms with Crippen molar-refractivity contribution >= 4 is 45.4 Å². The normalized spacial score (nSPS) is 26.3. The first-order chi connectivity index (χ1) is 15.0. The zero-order valence-corrected chi connectivity index (χ0v) is 18.1. The molecule has 3 aliphatic rings. The number of anilines is 1. The van der Waals surface area contributed by atoms with Gasteiger partial charge in [-0.05, 0) is 54.6 Å². The Kier molecular flexibility index (Phi) is 4.74. The van der Waals surface area contributed by atoms with E-state index in [1.807, 2.05) is 6.08 Å². The van der Waals surface area contributed by atoms with Crippen LogP contribution in [-0.4, -0.2) is 48.0 Å². The Bertz CT molecular complexity index is 1130. The van der Waals surface area contributed by atoms with Crippen LogP contribution in [0.4, 0.5) is 5.69 Å². The third kappa shape index (κ3) is 3.01. The molecule has 2 amide bonds. The first-order valence-electron chi connectivity index (χ1n) is 9.82. The maximum atomic E-state index is 13.5. The van der Waals surface area contributed by atoms with Crippen LogP contribution < -0.4 is 9.64 Å². The van der Waals surface area contributed by atoms with Crippen LogP contribution in [0.25, 0.3) is 0 Å². The average molecular weight is 480 g/mol. The van der Waals surface area contributed by atoms with Crippen molar-refractivity contribution in [1.82, 2.24) is 5.01 Å². The number of hydrogen-bond acceptors (Lipinski definition) is 6. The van der Waals surface area contributed by atoms with Crippen molar-refractivity contribution in [1.29, 1.82) is 0 Å². The minimum absolute atomic E-state index is 0.244. The minimum Gasteiger partial charge on any atom is -0.497 e. The molecule has 3 heterocycles. The largest absolute Gasteiger partial charge is 0.497 e. The van der Waals surface area contributed by atoms with Gasteiger partial charge in [0.1, 0.15) is 11.8 Å². The van der Waals surface area contributed by atoms with Crippen molar-refractivity contribution in [3.05, 3.63) is 70.7 Å². The SMILES string of the molecule is COc1ccc(C(=O)[C@H]2[C@@H]3C(=O)N(c4ccc(Br)cc4)C(=O)[C@@H]3[C@H]3C=CC=NN32)cc1. The second-order valence-electron chi connectivity index (χ2n) is 7.60. The average Bonchev–Trinajstić information content (AvgIpc) is 3.27. The van der Waals surface area contributed by atoms with Crippen molar-refractivity contribution < 1.29 is 19.1 Å². The summed E-state index contributed by atoms with van der Waals surface area (Å²) in [4.78, 5) is 41.6. The molecule has 0 saturated carbocycles. The van der Waals surface area contributed by atoms with Crippen molar-refractivity contribution in [2.75, 3.05) is 12.0 Å². The lowest BCUT2D eigenvalue weighted by Gasteiger charge is -2.30. The number of hydrogen-bond donors (Lipinski definition) is 0. The molecule has 0 unspecified atom stereocenters. The maximum Gasteiger partial charge on any atom is 0.240 e. The molecule has 3 aliphatic heterocycles. The summed E-state index contributed by atoms with van der Waals surface area (Å²) in [6, 6.07) is 12.4. The Morgan fingerprint density at radius 1 is 1.00 bits per heavy atom. The summed E-state index contributed by atoms with van der Waals surface area (Å²) < 4.78 is 6.02. The van der Waals surface area contributed by atoms with Gasteiger partial charge in [-0.3, -0.25) is 19.4 Å². The summed E-state index contributed by atoms with van der Waals surface area (Å²) in [5.41, 5.74) is 0.940. The molecule has 8 heteroatoms. The van der Waals surface area contributed by atoms with Crippen molar-refractivity contribution in [2.45, 2.75) is 12.1 Å². The molecule has 7 nitrogen and oxygen atoms in total. The molecule has 0 spiro atoms. The number of halogens is 1. The Labute approximate surface area is 187 Å². The van der Waals surface area contributed by atoms with E-state index in [2.05, 4.69) is 21.0 Å². The van der Waals surface area contributed by atoms with Gasteiger partial charge >= 0.3 is 0 Å². The van der Waals surface area contributed by atoms with E-state index in [9.17, 15) is 14.4 Å². The maximum absolute atomic E-state index is 13.5. The quantitative estimate of drug-likeness (QED) is 0.497.